The number of pyridine rings is 1. The maximum atomic E-state index is 13.7. The predicted octanol–water partition coefficient (Wildman–Crippen LogP) is 4.49. The smallest absolute Gasteiger partial charge is 0.322 e. The van der Waals surface area contributed by atoms with Crippen molar-refractivity contribution in [2.75, 3.05) is 12.4 Å². The van der Waals surface area contributed by atoms with Crippen molar-refractivity contribution in [2.24, 2.45) is 0 Å². The highest BCUT2D eigenvalue weighted by molar-refractivity contribution is 5.91. The summed E-state index contributed by atoms with van der Waals surface area (Å²) in [6.45, 7) is 0. The Morgan fingerprint density at radius 3 is 2.66 bits per heavy atom. The number of benzene rings is 2. The number of aromatic nitrogens is 1. The third-order valence-electron chi connectivity index (χ3n) is 5.30. The van der Waals surface area contributed by atoms with Gasteiger partial charge in [-0.2, -0.15) is 0 Å². The molecule has 1 aromatic heterocycles. The van der Waals surface area contributed by atoms with Crippen molar-refractivity contribution in [3.8, 4) is 0 Å². The minimum Gasteiger partial charge on any atom is -0.325 e. The second-order valence-electron chi connectivity index (χ2n) is 7.11. The van der Waals surface area contributed by atoms with Gasteiger partial charge in [0.15, 0.2) is 11.6 Å². The van der Waals surface area contributed by atoms with Gasteiger partial charge in [-0.3, -0.25) is 4.79 Å². The van der Waals surface area contributed by atoms with E-state index in [4.69, 9.17) is 0 Å². The Morgan fingerprint density at radius 2 is 1.90 bits per heavy atom. The van der Waals surface area contributed by atoms with Gasteiger partial charge in [0, 0.05) is 30.1 Å². The molecule has 2 aromatic carbocycles. The molecule has 1 atom stereocenters. The topological polar surface area (TPSA) is 65.2 Å². The van der Waals surface area contributed by atoms with Crippen LogP contribution in [0.4, 0.5) is 23.7 Å². The number of amides is 2. The van der Waals surface area contributed by atoms with Crippen molar-refractivity contribution in [2.45, 2.75) is 25.3 Å². The number of hydrogen-bond donors (Lipinski definition) is 2. The predicted molar refractivity (Wildman–Crippen MR) is 103 cm³/mol. The quantitative estimate of drug-likeness (QED) is 0.665. The van der Waals surface area contributed by atoms with Gasteiger partial charge in [0.2, 0.25) is 0 Å². The number of carbonyl (C=O) groups excluding carboxylic acids is 1. The summed E-state index contributed by atoms with van der Waals surface area (Å²) < 4.78 is 40.2. The molecular weight excluding hydrogens is 383 g/mol. The fraction of sp³-hybridized carbons (Fsp3) is 0.238. The van der Waals surface area contributed by atoms with E-state index < -0.39 is 23.5 Å². The number of aryl methyl sites for hydroxylation is 1. The number of carbonyl (C=O) groups is 1. The lowest BCUT2D eigenvalue weighted by Gasteiger charge is -2.34. The number of anilines is 1. The number of rotatable bonds is 2. The molecule has 0 aliphatic heterocycles. The van der Waals surface area contributed by atoms with E-state index in [1.807, 2.05) is 0 Å². The highest BCUT2D eigenvalue weighted by Crippen LogP contribution is 2.37. The molecule has 1 heterocycles. The number of aromatic amines is 1. The molecule has 0 spiro atoms. The van der Waals surface area contributed by atoms with Crippen LogP contribution in [0.2, 0.25) is 0 Å². The van der Waals surface area contributed by atoms with Crippen LogP contribution in [0.3, 0.4) is 0 Å². The maximum Gasteiger partial charge on any atom is 0.322 e. The second-order valence-corrected chi connectivity index (χ2v) is 7.11. The van der Waals surface area contributed by atoms with Crippen molar-refractivity contribution in [1.29, 1.82) is 0 Å². The fourth-order valence-electron chi connectivity index (χ4n) is 3.88. The minimum atomic E-state index is -1.06. The van der Waals surface area contributed by atoms with E-state index >= 15 is 0 Å². The van der Waals surface area contributed by atoms with Gasteiger partial charge in [0.1, 0.15) is 5.82 Å². The molecule has 1 aliphatic rings. The van der Waals surface area contributed by atoms with Gasteiger partial charge in [0.05, 0.1) is 11.4 Å². The number of nitrogens with one attached hydrogen (secondary N) is 2. The minimum absolute atomic E-state index is 0.130. The van der Waals surface area contributed by atoms with Crippen LogP contribution in [-0.4, -0.2) is 23.0 Å². The van der Waals surface area contributed by atoms with Crippen LogP contribution in [0.15, 0.2) is 41.2 Å². The number of hydrogen-bond acceptors (Lipinski definition) is 2. The van der Waals surface area contributed by atoms with Gasteiger partial charge >= 0.3 is 6.03 Å². The molecule has 0 saturated heterocycles. The van der Waals surface area contributed by atoms with Crippen LogP contribution in [0, 0.1) is 17.5 Å². The third kappa shape index (κ3) is 3.46. The van der Waals surface area contributed by atoms with E-state index in [0.717, 1.165) is 29.8 Å². The van der Waals surface area contributed by atoms with Crippen LogP contribution in [0.25, 0.3) is 10.8 Å². The Morgan fingerprint density at radius 1 is 1.10 bits per heavy atom. The highest BCUT2D eigenvalue weighted by Gasteiger charge is 2.30. The first-order valence-corrected chi connectivity index (χ1v) is 9.18. The van der Waals surface area contributed by atoms with Gasteiger partial charge in [-0.15, -0.1) is 0 Å². The van der Waals surface area contributed by atoms with Crippen molar-refractivity contribution >= 4 is 22.5 Å². The lowest BCUT2D eigenvalue weighted by Crippen LogP contribution is -2.37. The molecule has 8 heteroatoms. The Hall–Kier alpha value is -3.29. The van der Waals surface area contributed by atoms with Crippen LogP contribution >= 0.6 is 0 Å². The molecule has 0 bridgehead atoms. The van der Waals surface area contributed by atoms with Crippen LogP contribution < -0.4 is 10.9 Å². The molecule has 0 unspecified atom stereocenters. The van der Waals surface area contributed by atoms with Gasteiger partial charge in [0.25, 0.3) is 5.56 Å². The first-order valence-electron chi connectivity index (χ1n) is 9.18. The third-order valence-corrected chi connectivity index (χ3v) is 5.30. The Kier molecular flexibility index (Phi) is 4.77. The molecule has 4 rings (SSSR count). The first-order chi connectivity index (χ1) is 13.8. The summed E-state index contributed by atoms with van der Waals surface area (Å²) in [6, 6.07) is 6.27. The van der Waals surface area contributed by atoms with Crippen molar-refractivity contribution in [1.82, 2.24) is 9.88 Å². The average Bonchev–Trinajstić information content (AvgIpc) is 2.70. The monoisotopic (exact) mass is 401 g/mol. The molecule has 150 valence electrons. The van der Waals surface area contributed by atoms with Gasteiger partial charge in [-0.05, 0) is 48.9 Å². The van der Waals surface area contributed by atoms with E-state index in [9.17, 15) is 22.8 Å². The van der Waals surface area contributed by atoms with Crippen LogP contribution in [0.1, 0.15) is 30.1 Å². The molecule has 3 aromatic rings. The summed E-state index contributed by atoms with van der Waals surface area (Å²) >= 11 is 0. The van der Waals surface area contributed by atoms with Crippen LogP contribution in [-0.2, 0) is 6.42 Å². The van der Waals surface area contributed by atoms with E-state index in [-0.39, 0.29) is 22.7 Å². The average molecular weight is 401 g/mol. The summed E-state index contributed by atoms with van der Waals surface area (Å²) in [5.41, 5.74) is 1.25. The first kappa shape index (κ1) is 19.0. The maximum absolute atomic E-state index is 13.7. The molecule has 2 N–H and O–H groups in total. The highest BCUT2D eigenvalue weighted by atomic mass is 19.2. The number of urea groups is 1. The van der Waals surface area contributed by atoms with E-state index in [1.165, 1.54) is 23.1 Å². The fourth-order valence-corrected chi connectivity index (χ4v) is 3.88. The molecule has 2 amide bonds. The largest absolute Gasteiger partial charge is 0.325 e. The van der Waals surface area contributed by atoms with Crippen molar-refractivity contribution < 1.29 is 18.0 Å². The van der Waals surface area contributed by atoms with Crippen LogP contribution in [0.5, 0.6) is 0 Å². The normalized spacial score (nSPS) is 15.8. The molecule has 0 radical (unpaired) electrons. The molecular formula is C21H18F3N3O2. The summed E-state index contributed by atoms with van der Waals surface area (Å²) in [5, 5.41) is 3.38. The lowest BCUT2D eigenvalue weighted by atomic mass is 9.87. The Balaban J connectivity index is 1.70. The summed E-state index contributed by atoms with van der Waals surface area (Å²) in [7, 11) is 1.59. The molecule has 29 heavy (non-hydrogen) atoms. The zero-order valence-corrected chi connectivity index (χ0v) is 15.6. The Bertz CT molecular complexity index is 1180. The molecule has 0 saturated carbocycles. The number of nitrogens with zero attached hydrogens (tertiary/aromatic N) is 1. The number of halogens is 3. The summed E-state index contributed by atoms with van der Waals surface area (Å²) in [6.07, 6.45) is 2.04. The molecule has 1 aliphatic carbocycles. The SMILES string of the molecule is CN(C(=O)Nc1ccc(F)c(F)c1)[C@@H]1CCCc2[nH]c(=O)c3cc(F)ccc3c21. The molecule has 5 nitrogen and oxygen atoms in total. The molecule has 0 fully saturated rings. The van der Waals surface area contributed by atoms with E-state index in [2.05, 4.69) is 10.3 Å². The van der Waals surface area contributed by atoms with E-state index in [1.54, 1.807) is 13.1 Å². The van der Waals surface area contributed by atoms with Gasteiger partial charge in [-0.1, -0.05) is 6.07 Å². The van der Waals surface area contributed by atoms with E-state index in [0.29, 0.717) is 18.2 Å². The zero-order chi connectivity index (χ0) is 20.7. The zero-order valence-electron chi connectivity index (χ0n) is 15.6. The van der Waals surface area contributed by atoms with Gasteiger partial charge in [-0.25, -0.2) is 18.0 Å². The second kappa shape index (κ2) is 7.27. The summed E-state index contributed by atoms with van der Waals surface area (Å²) in [5.74, 6) is -2.57. The number of fused-ring (bicyclic) bond motifs is 3. The Labute approximate surface area is 164 Å². The van der Waals surface area contributed by atoms with Gasteiger partial charge < -0.3 is 15.2 Å². The number of H-pyrrole nitrogens is 1. The summed E-state index contributed by atoms with van der Waals surface area (Å²) in [4.78, 5) is 29.3. The standard InChI is InChI=1S/C21H18F3N3O2/c1-27(21(29)25-12-6-8-15(23)16(24)10-12)18-4-2-3-17-19(18)13-7-5-11(22)9-14(13)20(28)26-17/h5-10,18H,2-4H2,1H3,(H,25,29)(H,26,28)/t18-/m1/s1. The lowest BCUT2D eigenvalue weighted by molar-refractivity contribution is 0.197. The van der Waals surface area contributed by atoms with Crippen molar-refractivity contribution in [3.05, 3.63) is 75.5 Å². The van der Waals surface area contributed by atoms with Crippen molar-refractivity contribution in [3.63, 3.8) is 0 Å².